The Kier molecular flexibility index (Phi) is 5.27. The van der Waals surface area contributed by atoms with Crippen molar-refractivity contribution >= 4 is 5.91 Å². The number of nitrogens with zero attached hydrogens (tertiary/aromatic N) is 4. The smallest absolute Gasteiger partial charge is 0.226 e. The molecule has 1 aliphatic heterocycles. The molecular formula is C16H26N4O3. The fourth-order valence-corrected chi connectivity index (χ4v) is 3.64. The fraction of sp³-hybridized carbons (Fsp3) is 0.812. The van der Waals surface area contributed by atoms with E-state index in [0.29, 0.717) is 30.6 Å². The molecule has 0 radical (unpaired) electrons. The maximum Gasteiger partial charge on any atom is 0.226 e. The number of aliphatic hydroxyl groups is 1. The molecule has 1 aromatic heterocycles. The van der Waals surface area contributed by atoms with Crippen molar-refractivity contribution in [3.05, 3.63) is 11.7 Å². The van der Waals surface area contributed by atoms with Gasteiger partial charge in [-0.2, -0.15) is 4.98 Å². The minimum absolute atomic E-state index is 0.185. The van der Waals surface area contributed by atoms with Gasteiger partial charge >= 0.3 is 0 Å². The zero-order chi connectivity index (χ0) is 16.2. The first-order chi connectivity index (χ1) is 11.1. The van der Waals surface area contributed by atoms with Crippen molar-refractivity contribution in [2.45, 2.75) is 57.6 Å². The van der Waals surface area contributed by atoms with Gasteiger partial charge in [0.05, 0.1) is 6.10 Å². The Morgan fingerprint density at radius 2 is 2.09 bits per heavy atom. The standard InChI is InChI=1S/C16H26N4O3/c1-12-17-15(23-18-12)6-3-7-16(22)20-10-8-19(9-11-20)13-4-2-5-14(13)21/h13-14,21H,2-11H2,1H3/t13-,14-/m1/s1. The lowest BCUT2D eigenvalue weighted by molar-refractivity contribution is -0.133. The van der Waals surface area contributed by atoms with E-state index in [1.54, 1.807) is 6.92 Å². The van der Waals surface area contributed by atoms with Crippen LogP contribution in [0.3, 0.4) is 0 Å². The molecule has 1 aromatic rings. The second kappa shape index (κ2) is 7.40. The van der Waals surface area contributed by atoms with Gasteiger partial charge in [0.2, 0.25) is 11.8 Å². The van der Waals surface area contributed by atoms with Crippen LogP contribution in [0.5, 0.6) is 0 Å². The maximum absolute atomic E-state index is 12.3. The highest BCUT2D eigenvalue weighted by molar-refractivity contribution is 5.76. The first-order valence-corrected chi connectivity index (χ1v) is 8.62. The first kappa shape index (κ1) is 16.4. The molecule has 1 saturated carbocycles. The summed E-state index contributed by atoms with van der Waals surface area (Å²) in [7, 11) is 0. The predicted molar refractivity (Wildman–Crippen MR) is 83.8 cm³/mol. The van der Waals surface area contributed by atoms with Gasteiger partial charge in [-0.3, -0.25) is 9.69 Å². The van der Waals surface area contributed by atoms with Crippen molar-refractivity contribution in [3.63, 3.8) is 0 Å². The molecule has 1 amide bonds. The van der Waals surface area contributed by atoms with E-state index in [9.17, 15) is 9.90 Å². The van der Waals surface area contributed by atoms with Crippen molar-refractivity contribution in [3.8, 4) is 0 Å². The number of rotatable bonds is 5. The Hall–Kier alpha value is -1.47. The van der Waals surface area contributed by atoms with E-state index < -0.39 is 0 Å². The molecule has 7 nitrogen and oxygen atoms in total. The van der Waals surface area contributed by atoms with E-state index in [4.69, 9.17) is 4.52 Å². The van der Waals surface area contributed by atoms with Crippen molar-refractivity contribution in [1.29, 1.82) is 0 Å². The molecular weight excluding hydrogens is 296 g/mol. The second-order valence-corrected chi connectivity index (χ2v) is 6.57. The average Bonchev–Trinajstić information content (AvgIpc) is 3.16. The number of piperazine rings is 1. The SMILES string of the molecule is Cc1noc(CCCC(=O)N2CCN([C@@H]3CCC[C@H]3O)CC2)n1. The molecule has 2 aliphatic rings. The lowest BCUT2D eigenvalue weighted by Crippen LogP contribution is -2.53. The van der Waals surface area contributed by atoms with Crippen LogP contribution in [-0.4, -0.2) is 69.3 Å². The van der Waals surface area contributed by atoms with E-state index in [1.807, 2.05) is 4.90 Å². The van der Waals surface area contributed by atoms with E-state index in [1.165, 1.54) is 0 Å². The molecule has 7 heteroatoms. The van der Waals surface area contributed by atoms with E-state index in [0.717, 1.165) is 51.9 Å². The Morgan fingerprint density at radius 1 is 1.30 bits per heavy atom. The van der Waals surface area contributed by atoms with E-state index >= 15 is 0 Å². The van der Waals surface area contributed by atoms with Crippen LogP contribution in [0.15, 0.2) is 4.52 Å². The molecule has 23 heavy (non-hydrogen) atoms. The van der Waals surface area contributed by atoms with Gasteiger partial charge in [0.1, 0.15) is 0 Å². The molecule has 0 bridgehead atoms. The Bertz CT molecular complexity index is 525. The molecule has 1 aliphatic carbocycles. The summed E-state index contributed by atoms with van der Waals surface area (Å²) < 4.78 is 5.06. The predicted octanol–water partition coefficient (Wildman–Crippen LogP) is 0.758. The van der Waals surface area contributed by atoms with Crippen LogP contribution in [-0.2, 0) is 11.2 Å². The van der Waals surface area contributed by atoms with Gasteiger partial charge in [-0.05, 0) is 32.6 Å². The molecule has 0 aromatic carbocycles. The number of aryl methyl sites for hydroxylation is 2. The molecule has 2 atom stereocenters. The highest BCUT2D eigenvalue weighted by Crippen LogP contribution is 2.25. The molecule has 2 fully saturated rings. The van der Waals surface area contributed by atoms with E-state index in [-0.39, 0.29) is 12.0 Å². The zero-order valence-corrected chi connectivity index (χ0v) is 13.8. The average molecular weight is 322 g/mol. The van der Waals surface area contributed by atoms with Crippen LogP contribution in [0.25, 0.3) is 0 Å². The summed E-state index contributed by atoms with van der Waals surface area (Å²) in [6.45, 7) is 5.06. The van der Waals surface area contributed by atoms with Gasteiger partial charge < -0.3 is 14.5 Å². The minimum Gasteiger partial charge on any atom is -0.391 e. The largest absolute Gasteiger partial charge is 0.391 e. The Labute approximate surface area is 136 Å². The van der Waals surface area contributed by atoms with Gasteiger partial charge in [0.25, 0.3) is 0 Å². The summed E-state index contributed by atoms with van der Waals surface area (Å²) in [5.41, 5.74) is 0. The normalized spacial score (nSPS) is 25.9. The Morgan fingerprint density at radius 3 is 2.70 bits per heavy atom. The summed E-state index contributed by atoms with van der Waals surface area (Å²) in [6, 6.07) is 0.299. The van der Waals surface area contributed by atoms with Crippen LogP contribution in [0.1, 0.15) is 43.8 Å². The third-order valence-corrected chi connectivity index (χ3v) is 4.93. The molecule has 1 N–H and O–H groups in total. The number of carbonyl (C=O) groups excluding carboxylic acids is 1. The second-order valence-electron chi connectivity index (χ2n) is 6.57. The third kappa shape index (κ3) is 4.09. The van der Waals surface area contributed by atoms with Crippen molar-refractivity contribution in [2.75, 3.05) is 26.2 Å². The minimum atomic E-state index is -0.185. The number of hydrogen-bond acceptors (Lipinski definition) is 6. The lowest BCUT2D eigenvalue weighted by atomic mass is 10.1. The number of aromatic nitrogens is 2. The first-order valence-electron chi connectivity index (χ1n) is 8.62. The van der Waals surface area contributed by atoms with Gasteiger partial charge in [0.15, 0.2) is 5.82 Å². The molecule has 1 saturated heterocycles. The summed E-state index contributed by atoms with van der Waals surface area (Å²) >= 11 is 0. The van der Waals surface area contributed by atoms with Crippen molar-refractivity contribution in [2.24, 2.45) is 0 Å². The molecule has 3 rings (SSSR count). The summed E-state index contributed by atoms with van der Waals surface area (Å²) in [5, 5.41) is 13.7. The van der Waals surface area contributed by atoms with E-state index in [2.05, 4.69) is 15.0 Å². The number of aliphatic hydroxyl groups excluding tert-OH is 1. The maximum atomic E-state index is 12.3. The number of hydrogen-bond donors (Lipinski definition) is 1. The van der Waals surface area contributed by atoms with Crippen molar-refractivity contribution < 1.29 is 14.4 Å². The highest BCUT2D eigenvalue weighted by Gasteiger charge is 2.33. The van der Waals surface area contributed by atoms with Crippen LogP contribution in [0.4, 0.5) is 0 Å². The monoisotopic (exact) mass is 322 g/mol. The fourth-order valence-electron chi connectivity index (χ4n) is 3.64. The molecule has 2 heterocycles. The van der Waals surface area contributed by atoms with Gasteiger partial charge in [-0.1, -0.05) is 5.16 Å². The van der Waals surface area contributed by atoms with Crippen LogP contribution in [0.2, 0.25) is 0 Å². The molecule has 128 valence electrons. The van der Waals surface area contributed by atoms with Crippen LogP contribution >= 0.6 is 0 Å². The van der Waals surface area contributed by atoms with Crippen LogP contribution < -0.4 is 0 Å². The van der Waals surface area contributed by atoms with Gasteiger partial charge in [-0.25, -0.2) is 0 Å². The molecule has 0 unspecified atom stereocenters. The lowest BCUT2D eigenvalue weighted by Gasteiger charge is -2.39. The topological polar surface area (TPSA) is 82.7 Å². The summed E-state index contributed by atoms with van der Waals surface area (Å²) in [5.74, 6) is 1.44. The van der Waals surface area contributed by atoms with Gasteiger partial charge in [-0.15, -0.1) is 0 Å². The quantitative estimate of drug-likeness (QED) is 0.862. The van der Waals surface area contributed by atoms with Crippen molar-refractivity contribution in [1.82, 2.24) is 19.9 Å². The summed E-state index contributed by atoms with van der Waals surface area (Å²) in [4.78, 5) is 20.7. The third-order valence-electron chi connectivity index (χ3n) is 4.93. The number of carbonyl (C=O) groups is 1. The zero-order valence-electron chi connectivity index (χ0n) is 13.8. The Balaban J connectivity index is 1.38. The summed E-state index contributed by atoms with van der Waals surface area (Å²) in [6.07, 6.45) is 4.84. The highest BCUT2D eigenvalue weighted by atomic mass is 16.5. The number of amides is 1. The van der Waals surface area contributed by atoms with Gasteiger partial charge in [0, 0.05) is 45.1 Å². The molecule has 0 spiro atoms. The van der Waals surface area contributed by atoms with Crippen LogP contribution in [0, 0.1) is 6.92 Å².